The summed E-state index contributed by atoms with van der Waals surface area (Å²) in [6, 6.07) is 6.31. The van der Waals surface area contributed by atoms with Gasteiger partial charge in [0.1, 0.15) is 5.82 Å². The molecule has 0 aliphatic carbocycles. The number of fused-ring (bicyclic) bond motifs is 1. The largest absolute Gasteiger partial charge is 0.451 e. The highest BCUT2D eigenvalue weighted by molar-refractivity contribution is 5.90. The number of hydrogen-bond acceptors (Lipinski definition) is 4. The number of rotatable bonds is 2. The molecule has 1 aromatic heterocycles. The van der Waals surface area contributed by atoms with Gasteiger partial charge in [-0.2, -0.15) is 18.2 Å². The first kappa shape index (κ1) is 20.5. The van der Waals surface area contributed by atoms with Crippen LogP contribution in [0.5, 0.6) is 0 Å². The van der Waals surface area contributed by atoms with Gasteiger partial charge in [-0.1, -0.05) is 12.1 Å². The molecule has 2 fully saturated rings. The third kappa shape index (κ3) is 3.58. The van der Waals surface area contributed by atoms with Gasteiger partial charge >= 0.3 is 6.18 Å². The van der Waals surface area contributed by atoms with E-state index >= 15 is 0 Å². The highest BCUT2D eigenvalue weighted by Crippen LogP contribution is 2.44. The molecule has 1 aromatic carbocycles. The first-order chi connectivity index (χ1) is 12.7. The number of likely N-dealkylation sites (tertiary alicyclic amines) is 2. The van der Waals surface area contributed by atoms with E-state index in [0.29, 0.717) is 13.1 Å². The van der Waals surface area contributed by atoms with Gasteiger partial charge in [-0.3, -0.25) is 14.8 Å². The molecule has 0 unspecified atom stereocenters. The number of alkyl halides is 3. The summed E-state index contributed by atoms with van der Waals surface area (Å²) in [4.78, 5) is 19.4. The third-order valence-corrected chi connectivity index (χ3v) is 5.32. The fraction of sp³-hybridized carbons (Fsp3) is 0.471. The molecule has 4 rings (SSSR count). The van der Waals surface area contributed by atoms with Gasteiger partial charge in [0.2, 0.25) is 11.6 Å². The topological polar surface area (TPSA) is 65.1 Å². The van der Waals surface area contributed by atoms with Crippen molar-refractivity contribution in [2.75, 3.05) is 26.7 Å². The summed E-state index contributed by atoms with van der Waals surface area (Å²) in [7, 11) is 1.95. The number of nitrogens with zero attached hydrogens (tertiary/aromatic N) is 4. The summed E-state index contributed by atoms with van der Waals surface area (Å²) >= 11 is 0. The number of carbonyl (C=O) groups is 1. The minimum Gasteiger partial charge on any atom is -0.335 e. The Bertz CT molecular complexity index is 873. The van der Waals surface area contributed by atoms with Gasteiger partial charge in [0.25, 0.3) is 5.91 Å². The molecule has 3 atom stereocenters. The van der Waals surface area contributed by atoms with Crippen molar-refractivity contribution in [2.45, 2.75) is 12.2 Å². The summed E-state index contributed by atoms with van der Waals surface area (Å²) in [6.45, 7) is 1.50. The van der Waals surface area contributed by atoms with E-state index in [9.17, 15) is 22.4 Å². The van der Waals surface area contributed by atoms with Crippen LogP contribution >= 0.6 is 12.4 Å². The molecule has 2 aliphatic heterocycles. The van der Waals surface area contributed by atoms with Crippen molar-refractivity contribution in [3.05, 3.63) is 47.3 Å². The minimum atomic E-state index is -4.68. The number of aromatic amines is 1. The first-order valence-corrected chi connectivity index (χ1v) is 8.48. The zero-order chi connectivity index (χ0) is 19.3. The molecule has 0 saturated carbocycles. The quantitative estimate of drug-likeness (QED) is 0.760. The van der Waals surface area contributed by atoms with Crippen molar-refractivity contribution in [3.8, 4) is 0 Å². The normalized spacial score (nSPS) is 24.9. The Morgan fingerprint density at radius 3 is 2.64 bits per heavy atom. The van der Waals surface area contributed by atoms with E-state index < -0.39 is 23.7 Å². The minimum absolute atomic E-state index is 0. The Morgan fingerprint density at radius 2 is 2.00 bits per heavy atom. The lowest BCUT2D eigenvalue weighted by Crippen LogP contribution is -2.34. The van der Waals surface area contributed by atoms with Crippen molar-refractivity contribution in [3.63, 3.8) is 0 Å². The summed E-state index contributed by atoms with van der Waals surface area (Å²) in [5.74, 6) is -2.50. The maximum atomic E-state index is 13.6. The number of carbonyl (C=O) groups excluding carboxylic acids is 1. The fourth-order valence-electron chi connectivity index (χ4n) is 4.24. The summed E-state index contributed by atoms with van der Waals surface area (Å²) < 4.78 is 51.6. The lowest BCUT2D eigenvalue weighted by molar-refractivity contribution is -0.144. The van der Waals surface area contributed by atoms with Gasteiger partial charge in [0, 0.05) is 31.6 Å². The van der Waals surface area contributed by atoms with Crippen LogP contribution in [-0.2, 0) is 6.18 Å². The maximum absolute atomic E-state index is 13.6. The Balaban J connectivity index is 0.00000225. The summed E-state index contributed by atoms with van der Waals surface area (Å²) in [6.07, 6.45) is -4.68. The number of aromatic nitrogens is 3. The zero-order valence-electron chi connectivity index (χ0n) is 14.8. The van der Waals surface area contributed by atoms with E-state index in [4.69, 9.17) is 0 Å². The van der Waals surface area contributed by atoms with E-state index in [1.54, 1.807) is 11.2 Å². The van der Waals surface area contributed by atoms with Crippen molar-refractivity contribution < 1.29 is 22.4 Å². The van der Waals surface area contributed by atoms with Crippen molar-refractivity contribution in [1.29, 1.82) is 0 Å². The molecule has 1 amide bonds. The third-order valence-electron chi connectivity index (χ3n) is 5.32. The Hall–Kier alpha value is -2.20. The van der Waals surface area contributed by atoms with Crippen LogP contribution < -0.4 is 0 Å². The number of amides is 1. The predicted octanol–water partition coefficient (Wildman–Crippen LogP) is 2.76. The molecule has 0 bridgehead atoms. The number of benzene rings is 1. The van der Waals surface area contributed by atoms with Gasteiger partial charge in [-0.05, 0) is 30.7 Å². The predicted molar refractivity (Wildman–Crippen MR) is 93.3 cm³/mol. The molecule has 0 radical (unpaired) electrons. The molecule has 11 heteroatoms. The highest BCUT2D eigenvalue weighted by atomic mass is 35.5. The second kappa shape index (κ2) is 7.32. The smallest absolute Gasteiger partial charge is 0.335 e. The van der Waals surface area contributed by atoms with Crippen LogP contribution in [0.4, 0.5) is 17.6 Å². The van der Waals surface area contributed by atoms with Crippen LogP contribution in [-0.4, -0.2) is 57.6 Å². The SMILES string of the molecule is CN1C[C@H]2CN(C(=O)c3n[nH]c(C(F)(F)F)n3)C[C@H]2[C@@H]1c1cccc(F)c1.Cl. The standard InChI is InChI=1S/C17H17F4N5O.ClH/c1-25-6-10-7-26(15(27)14-22-16(24-23-14)17(19,20)21)8-12(10)13(25)9-3-2-4-11(18)5-9;/h2-5,10,12-13H,6-8H2,1H3,(H,22,23,24);1H/t10-,12+,13-;/m0./s1. The van der Waals surface area contributed by atoms with E-state index in [0.717, 1.165) is 12.1 Å². The van der Waals surface area contributed by atoms with E-state index in [-0.39, 0.29) is 36.1 Å². The van der Waals surface area contributed by atoms with Crippen molar-refractivity contribution in [1.82, 2.24) is 25.0 Å². The second-order valence-corrected chi connectivity index (χ2v) is 7.08. The van der Waals surface area contributed by atoms with Crippen LogP contribution in [0.3, 0.4) is 0 Å². The number of halogens is 5. The maximum Gasteiger partial charge on any atom is 0.451 e. The molecule has 3 heterocycles. The summed E-state index contributed by atoms with van der Waals surface area (Å²) in [5.41, 5.74) is 0.830. The molecule has 0 spiro atoms. The Labute approximate surface area is 164 Å². The molecule has 6 nitrogen and oxygen atoms in total. The average Bonchev–Trinajstić information content (AvgIpc) is 3.27. The molecule has 28 heavy (non-hydrogen) atoms. The van der Waals surface area contributed by atoms with Gasteiger partial charge in [-0.15, -0.1) is 17.5 Å². The van der Waals surface area contributed by atoms with E-state index in [1.807, 2.05) is 13.1 Å². The van der Waals surface area contributed by atoms with Crippen molar-refractivity contribution >= 4 is 18.3 Å². The Morgan fingerprint density at radius 1 is 1.25 bits per heavy atom. The van der Waals surface area contributed by atoms with Gasteiger partial charge in [0.05, 0.1) is 0 Å². The molecule has 2 aliphatic rings. The van der Waals surface area contributed by atoms with Gasteiger partial charge in [-0.25, -0.2) is 4.39 Å². The molecular formula is C17H18ClF4N5O. The van der Waals surface area contributed by atoms with Crippen molar-refractivity contribution in [2.24, 2.45) is 11.8 Å². The lowest BCUT2D eigenvalue weighted by Gasteiger charge is -2.26. The summed E-state index contributed by atoms with van der Waals surface area (Å²) in [5, 5.41) is 5.18. The number of nitrogens with one attached hydrogen (secondary N) is 1. The van der Waals surface area contributed by atoms with Gasteiger partial charge in [0.15, 0.2) is 0 Å². The zero-order valence-corrected chi connectivity index (χ0v) is 15.6. The molecule has 1 N–H and O–H groups in total. The molecule has 2 saturated heterocycles. The number of hydrogen-bond donors (Lipinski definition) is 1. The second-order valence-electron chi connectivity index (χ2n) is 7.08. The van der Waals surface area contributed by atoms with E-state index in [1.165, 1.54) is 17.0 Å². The first-order valence-electron chi connectivity index (χ1n) is 8.48. The lowest BCUT2D eigenvalue weighted by atomic mass is 9.89. The van der Waals surface area contributed by atoms with Gasteiger partial charge < -0.3 is 4.90 Å². The van der Waals surface area contributed by atoms with Crippen LogP contribution in [0.15, 0.2) is 24.3 Å². The van der Waals surface area contributed by atoms with Crippen LogP contribution in [0.25, 0.3) is 0 Å². The average molecular weight is 420 g/mol. The molecule has 152 valence electrons. The fourth-order valence-corrected chi connectivity index (χ4v) is 4.24. The highest BCUT2D eigenvalue weighted by Gasteiger charge is 2.48. The van der Waals surface area contributed by atoms with E-state index in [2.05, 4.69) is 15.0 Å². The number of H-pyrrole nitrogens is 1. The monoisotopic (exact) mass is 419 g/mol. The van der Waals surface area contributed by atoms with Crippen LogP contribution in [0.1, 0.15) is 28.0 Å². The molecule has 2 aromatic rings. The molecular weight excluding hydrogens is 402 g/mol. The van der Waals surface area contributed by atoms with Crippen LogP contribution in [0, 0.1) is 17.7 Å². The Kier molecular flexibility index (Phi) is 5.37. The van der Waals surface area contributed by atoms with Crippen LogP contribution in [0.2, 0.25) is 0 Å².